The molecule has 0 aliphatic rings. The minimum atomic E-state index is 0.765. The predicted molar refractivity (Wildman–Crippen MR) is 61.3 cm³/mol. The van der Waals surface area contributed by atoms with Crippen LogP contribution in [0, 0.1) is 5.51 Å². The average molecular weight is 219 g/mol. The van der Waals surface area contributed by atoms with Crippen LogP contribution < -0.4 is 10.1 Å². The molecule has 0 bridgehead atoms. The molecule has 4 heteroatoms. The molecule has 0 aliphatic carbocycles. The molecule has 1 aromatic carbocycles. The number of aromatic nitrogens is 1. The number of nitrogens with one attached hydrogen (secondary N) is 1. The first-order valence-electron chi connectivity index (χ1n) is 4.57. The van der Waals surface area contributed by atoms with Crippen LogP contribution >= 0.6 is 11.3 Å². The van der Waals surface area contributed by atoms with Crippen molar-refractivity contribution >= 4 is 17.2 Å². The maximum atomic E-state index is 5.08. The van der Waals surface area contributed by atoms with E-state index in [0.29, 0.717) is 0 Å². The Kier molecular flexibility index (Phi) is 3.19. The molecule has 15 heavy (non-hydrogen) atoms. The van der Waals surface area contributed by atoms with Crippen molar-refractivity contribution in [2.45, 2.75) is 6.54 Å². The van der Waals surface area contributed by atoms with Crippen LogP contribution in [0.15, 0.2) is 29.6 Å². The Morgan fingerprint density at radius 1 is 1.40 bits per heavy atom. The van der Waals surface area contributed by atoms with E-state index in [4.69, 9.17) is 4.74 Å². The van der Waals surface area contributed by atoms with E-state index in [0.717, 1.165) is 18.1 Å². The third-order valence-electron chi connectivity index (χ3n) is 2.02. The smallest absolute Gasteiger partial charge is 0.154 e. The van der Waals surface area contributed by atoms with Crippen molar-refractivity contribution in [2.75, 3.05) is 12.4 Å². The molecule has 2 aromatic rings. The number of hydrogen-bond acceptors (Lipinski definition) is 4. The van der Waals surface area contributed by atoms with E-state index in [1.165, 1.54) is 16.9 Å². The maximum Gasteiger partial charge on any atom is 0.154 e. The summed E-state index contributed by atoms with van der Waals surface area (Å²) in [6.07, 6.45) is 0. The van der Waals surface area contributed by atoms with E-state index in [1.807, 2.05) is 29.6 Å². The number of anilines is 1. The zero-order chi connectivity index (χ0) is 10.5. The van der Waals surface area contributed by atoms with Gasteiger partial charge in [0.25, 0.3) is 0 Å². The fourth-order valence-corrected chi connectivity index (χ4v) is 1.65. The zero-order valence-corrected chi connectivity index (χ0v) is 9.17. The van der Waals surface area contributed by atoms with Gasteiger partial charge >= 0.3 is 0 Å². The van der Waals surface area contributed by atoms with Gasteiger partial charge < -0.3 is 10.1 Å². The van der Waals surface area contributed by atoms with Crippen LogP contribution in [-0.2, 0) is 6.54 Å². The predicted octanol–water partition coefficient (Wildman–Crippen LogP) is 2.56. The van der Waals surface area contributed by atoms with Crippen molar-refractivity contribution in [3.8, 4) is 5.75 Å². The number of hydrogen-bond donors (Lipinski definition) is 1. The molecular formula is C11H11N2OS. The lowest BCUT2D eigenvalue weighted by atomic mass is 10.2. The first kappa shape index (κ1) is 9.98. The van der Waals surface area contributed by atoms with Crippen LogP contribution in [0.5, 0.6) is 5.75 Å². The number of benzene rings is 1. The van der Waals surface area contributed by atoms with E-state index in [2.05, 4.69) is 15.8 Å². The van der Waals surface area contributed by atoms with Gasteiger partial charge in [0.05, 0.1) is 7.11 Å². The van der Waals surface area contributed by atoms with Crippen molar-refractivity contribution in [3.05, 3.63) is 40.7 Å². The standard InChI is InChI=1S/C11H11N2OS/c1-14-10-4-2-9(3-5-10)6-12-11-7-15-8-13-11/h2-5,7,12H,6H2,1H3. The van der Waals surface area contributed by atoms with Crippen molar-refractivity contribution < 1.29 is 4.74 Å². The van der Waals surface area contributed by atoms with E-state index >= 15 is 0 Å². The number of thiazole rings is 1. The van der Waals surface area contributed by atoms with Gasteiger partial charge in [0, 0.05) is 11.9 Å². The van der Waals surface area contributed by atoms with Gasteiger partial charge in [-0.3, -0.25) is 0 Å². The Labute approximate surface area is 92.7 Å². The fraction of sp³-hybridized carbons (Fsp3) is 0.182. The fourth-order valence-electron chi connectivity index (χ4n) is 1.20. The Morgan fingerprint density at radius 3 is 2.80 bits per heavy atom. The molecule has 3 nitrogen and oxygen atoms in total. The minimum Gasteiger partial charge on any atom is -0.497 e. The van der Waals surface area contributed by atoms with Crippen LogP contribution in [0.4, 0.5) is 5.82 Å². The Morgan fingerprint density at radius 2 is 2.20 bits per heavy atom. The molecule has 0 amide bonds. The summed E-state index contributed by atoms with van der Waals surface area (Å²) in [5.41, 5.74) is 3.99. The lowest BCUT2D eigenvalue weighted by Crippen LogP contribution is -1.99. The second-order valence-electron chi connectivity index (χ2n) is 3.03. The molecule has 1 N–H and O–H groups in total. The van der Waals surface area contributed by atoms with Crippen molar-refractivity contribution in [1.82, 2.24) is 4.98 Å². The minimum absolute atomic E-state index is 0.765. The SMILES string of the molecule is COc1ccc(CNc2cs[c]n2)cc1. The Hall–Kier alpha value is -1.55. The van der Waals surface area contributed by atoms with Gasteiger partial charge in [0.15, 0.2) is 5.51 Å². The lowest BCUT2D eigenvalue weighted by molar-refractivity contribution is 0.414. The summed E-state index contributed by atoms with van der Waals surface area (Å²) in [6, 6.07) is 7.96. The van der Waals surface area contributed by atoms with Crippen molar-refractivity contribution in [3.63, 3.8) is 0 Å². The zero-order valence-electron chi connectivity index (χ0n) is 8.36. The average Bonchev–Trinajstić information content (AvgIpc) is 2.80. The Balaban J connectivity index is 1.93. The first-order chi connectivity index (χ1) is 7.38. The van der Waals surface area contributed by atoms with Gasteiger partial charge in [0.2, 0.25) is 0 Å². The molecule has 0 fully saturated rings. The molecule has 1 heterocycles. The maximum absolute atomic E-state index is 5.08. The van der Waals surface area contributed by atoms with Gasteiger partial charge in [-0.05, 0) is 17.7 Å². The summed E-state index contributed by atoms with van der Waals surface area (Å²) in [5, 5.41) is 5.14. The summed E-state index contributed by atoms with van der Waals surface area (Å²) >= 11 is 1.46. The summed E-state index contributed by atoms with van der Waals surface area (Å²) in [5.74, 6) is 1.75. The highest BCUT2D eigenvalue weighted by Crippen LogP contribution is 2.13. The second kappa shape index (κ2) is 4.79. The van der Waals surface area contributed by atoms with Crippen LogP contribution in [0.1, 0.15) is 5.56 Å². The van der Waals surface area contributed by atoms with E-state index < -0.39 is 0 Å². The third-order valence-corrected chi connectivity index (χ3v) is 2.56. The highest BCUT2D eigenvalue weighted by atomic mass is 32.1. The topological polar surface area (TPSA) is 34.1 Å². The molecule has 1 aromatic heterocycles. The molecule has 1 radical (unpaired) electrons. The highest BCUT2D eigenvalue weighted by molar-refractivity contribution is 7.07. The van der Waals surface area contributed by atoms with E-state index in [-0.39, 0.29) is 0 Å². The van der Waals surface area contributed by atoms with Gasteiger partial charge in [-0.15, -0.1) is 11.3 Å². The number of nitrogens with zero attached hydrogens (tertiary/aromatic N) is 1. The van der Waals surface area contributed by atoms with Crippen LogP contribution in [0.2, 0.25) is 0 Å². The molecule has 0 aliphatic heterocycles. The molecule has 0 saturated carbocycles. The Bertz CT molecular complexity index is 397. The quantitative estimate of drug-likeness (QED) is 0.858. The van der Waals surface area contributed by atoms with Crippen molar-refractivity contribution in [2.24, 2.45) is 0 Å². The molecular weight excluding hydrogens is 208 g/mol. The normalized spacial score (nSPS) is 9.93. The van der Waals surface area contributed by atoms with E-state index in [1.54, 1.807) is 7.11 Å². The molecule has 0 atom stereocenters. The van der Waals surface area contributed by atoms with Gasteiger partial charge in [-0.25, -0.2) is 4.98 Å². The second-order valence-corrected chi connectivity index (χ2v) is 3.68. The summed E-state index contributed by atoms with van der Waals surface area (Å²) < 4.78 is 5.08. The number of methoxy groups -OCH3 is 1. The first-order valence-corrected chi connectivity index (χ1v) is 5.45. The van der Waals surface area contributed by atoms with Crippen LogP contribution in [0.3, 0.4) is 0 Å². The van der Waals surface area contributed by atoms with Crippen molar-refractivity contribution in [1.29, 1.82) is 0 Å². The summed E-state index contributed by atoms with van der Waals surface area (Å²) in [4.78, 5) is 4.02. The molecule has 0 saturated heterocycles. The highest BCUT2D eigenvalue weighted by Gasteiger charge is 1.96. The van der Waals surface area contributed by atoms with Crippen LogP contribution in [0.25, 0.3) is 0 Å². The van der Waals surface area contributed by atoms with Crippen LogP contribution in [-0.4, -0.2) is 12.1 Å². The van der Waals surface area contributed by atoms with Gasteiger partial charge in [0.1, 0.15) is 11.6 Å². The summed E-state index contributed by atoms with van der Waals surface area (Å²) in [6.45, 7) is 0.765. The van der Waals surface area contributed by atoms with Gasteiger partial charge in [-0.1, -0.05) is 12.1 Å². The monoisotopic (exact) mass is 219 g/mol. The molecule has 77 valence electrons. The molecule has 2 rings (SSSR count). The number of rotatable bonds is 4. The number of ether oxygens (including phenoxy) is 1. The van der Waals surface area contributed by atoms with Gasteiger partial charge in [-0.2, -0.15) is 0 Å². The lowest BCUT2D eigenvalue weighted by Gasteiger charge is -2.04. The molecule has 0 spiro atoms. The summed E-state index contributed by atoms with van der Waals surface area (Å²) in [7, 11) is 1.67. The third kappa shape index (κ3) is 2.70. The van der Waals surface area contributed by atoms with E-state index in [9.17, 15) is 0 Å². The largest absolute Gasteiger partial charge is 0.497 e. The molecule has 0 unspecified atom stereocenters.